The lowest BCUT2D eigenvalue weighted by atomic mass is 10.1. The molecular formula is C8HF9O2S. The summed E-state index contributed by atoms with van der Waals surface area (Å²) in [5.74, 6) is -21.2. The number of benzene rings is 1. The second-order valence-electron chi connectivity index (χ2n) is 3.29. The van der Waals surface area contributed by atoms with Gasteiger partial charge < -0.3 is 4.55 Å². The monoisotopic (exact) mass is 332 g/mol. The van der Waals surface area contributed by atoms with Crippen molar-refractivity contribution in [1.29, 1.82) is 0 Å². The van der Waals surface area contributed by atoms with Crippen LogP contribution in [0, 0.1) is 29.1 Å². The SMILES string of the molecule is O=S(O)C(F)(F)C(F)(F)c1c(F)c(F)c(F)c(F)c1F. The molecule has 1 aromatic rings. The van der Waals surface area contributed by atoms with Gasteiger partial charge in [0.1, 0.15) is 5.56 Å². The second-order valence-corrected chi connectivity index (χ2v) is 4.30. The molecule has 1 N–H and O–H groups in total. The number of halogens is 9. The molecule has 1 aromatic carbocycles. The van der Waals surface area contributed by atoms with Crippen LogP contribution in [0.3, 0.4) is 0 Å². The summed E-state index contributed by atoms with van der Waals surface area (Å²) in [6, 6.07) is 0. The lowest BCUT2D eigenvalue weighted by Crippen LogP contribution is -2.43. The van der Waals surface area contributed by atoms with Gasteiger partial charge in [0.15, 0.2) is 23.3 Å². The van der Waals surface area contributed by atoms with Crippen LogP contribution in [-0.4, -0.2) is 14.0 Å². The van der Waals surface area contributed by atoms with Crippen LogP contribution < -0.4 is 0 Å². The lowest BCUT2D eigenvalue weighted by molar-refractivity contribution is -0.168. The van der Waals surface area contributed by atoms with E-state index in [1.165, 1.54) is 0 Å². The maximum Gasteiger partial charge on any atom is 0.411 e. The molecule has 0 aliphatic carbocycles. The summed E-state index contributed by atoms with van der Waals surface area (Å²) in [6.45, 7) is 0. The Kier molecular flexibility index (Phi) is 4.11. The summed E-state index contributed by atoms with van der Waals surface area (Å²) in [5, 5.41) is -5.98. The van der Waals surface area contributed by atoms with E-state index in [-0.39, 0.29) is 0 Å². The van der Waals surface area contributed by atoms with Gasteiger partial charge in [0.25, 0.3) is 0 Å². The maximum absolute atomic E-state index is 13.2. The van der Waals surface area contributed by atoms with E-state index in [2.05, 4.69) is 0 Å². The molecule has 0 fully saturated rings. The Hall–Kier alpha value is -1.30. The maximum atomic E-state index is 13.2. The van der Waals surface area contributed by atoms with Crippen molar-refractivity contribution in [2.75, 3.05) is 0 Å². The van der Waals surface area contributed by atoms with Gasteiger partial charge in [0, 0.05) is 0 Å². The van der Waals surface area contributed by atoms with Gasteiger partial charge in [-0.1, -0.05) is 0 Å². The molecule has 1 unspecified atom stereocenters. The Morgan fingerprint density at radius 2 is 1.05 bits per heavy atom. The molecule has 0 aromatic heterocycles. The van der Waals surface area contributed by atoms with Gasteiger partial charge in [-0.25, -0.2) is 26.2 Å². The van der Waals surface area contributed by atoms with E-state index in [4.69, 9.17) is 4.55 Å². The molecule has 0 saturated carbocycles. The van der Waals surface area contributed by atoms with E-state index >= 15 is 0 Å². The van der Waals surface area contributed by atoms with Crippen molar-refractivity contribution in [3.05, 3.63) is 34.6 Å². The van der Waals surface area contributed by atoms with Crippen LogP contribution in [-0.2, 0) is 17.0 Å². The summed E-state index contributed by atoms with van der Waals surface area (Å²) < 4.78 is 134. The summed E-state index contributed by atoms with van der Waals surface area (Å²) in [4.78, 5) is 0. The highest BCUT2D eigenvalue weighted by atomic mass is 32.2. The normalized spacial score (nSPS) is 14.5. The predicted molar refractivity (Wildman–Crippen MR) is 45.8 cm³/mol. The summed E-state index contributed by atoms with van der Waals surface area (Å²) in [5.41, 5.74) is -3.19. The Morgan fingerprint density at radius 3 is 1.35 bits per heavy atom. The largest absolute Gasteiger partial charge is 0.411 e. The van der Waals surface area contributed by atoms with Crippen LogP contribution in [0.15, 0.2) is 0 Å². The number of rotatable bonds is 3. The summed E-state index contributed by atoms with van der Waals surface area (Å²) >= 11 is -4.64. The first-order valence-electron chi connectivity index (χ1n) is 4.25. The molecule has 2 nitrogen and oxygen atoms in total. The number of alkyl halides is 4. The highest BCUT2D eigenvalue weighted by Crippen LogP contribution is 2.47. The van der Waals surface area contributed by atoms with Gasteiger partial charge in [-0.3, -0.25) is 0 Å². The average Bonchev–Trinajstić information content (AvgIpc) is 2.33. The van der Waals surface area contributed by atoms with Crippen molar-refractivity contribution in [2.45, 2.75) is 11.2 Å². The molecule has 0 amide bonds. The zero-order valence-corrected chi connectivity index (χ0v) is 9.48. The van der Waals surface area contributed by atoms with E-state index < -0.39 is 56.9 Å². The Balaban J connectivity index is 3.76. The fourth-order valence-corrected chi connectivity index (χ4v) is 1.46. The fraction of sp³-hybridized carbons (Fsp3) is 0.250. The molecule has 20 heavy (non-hydrogen) atoms. The van der Waals surface area contributed by atoms with Crippen LogP contribution in [0.2, 0.25) is 0 Å². The third-order valence-corrected chi connectivity index (χ3v) is 2.80. The Bertz CT molecular complexity index is 557. The molecule has 0 bridgehead atoms. The molecular weight excluding hydrogens is 331 g/mol. The quantitative estimate of drug-likeness (QED) is 0.399. The van der Waals surface area contributed by atoms with Gasteiger partial charge in [-0.15, -0.1) is 0 Å². The van der Waals surface area contributed by atoms with E-state index in [9.17, 15) is 43.7 Å². The van der Waals surface area contributed by atoms with Crippen LogP contribution in [0.25, 0.3) is 0 Å². The molecule has 12 heteroatoms. The zero-order chi connectivity index (χ0) is 16.0. The number of hydrogen-bond donors (Lipinski definition) is 1. The smallest absolute Gasteiger partial charge is 0.301 e. The van der Waals surface area contributed by atoms with Gasteiger partial charge in [0.05, 0.1) is 0 Å². The average molecular weight is 332 g/mol. The third-order valence-electron chi connectivity index (χ3n) is 2.11. The van der Waals surface area contributed by atoms with Crippen molar-refractivity contribution in [3.63, 3.8) is 0 Å². The topological polar surface area (TPSA) is 37.3 Å². The summed E-state index contributed by atoms with van der Waals surface area (Å²) in [7, 11) is 0. The van der Waals surface area contributed by atoms with Crippen LogP contribution in [0.1, 0.15) is 5.56 Å². The molecule has 0 spiro atoms. The van der Waals surface area contributed by atoms with Crippen molar-refractivity contribution in [1.82, 2.24) is 0 Å². The molecule has 0 aliphatic heterocycles. The first kappa shape index (κ1) is 16.8. The highest BCUT2D eigenvalue weighted by Gasteiger charge is 2.65. The second kappa shape index (κ2) is 4.91. The van der Waals surface area contributed by atoms with Gasteiger partial charge in [0.2, 0.25) is 16.9 Å². The van der Waals surface area contributed by atoms with Crippen molar-refractivity contribution in [3.8, 4) is 0 Å². The lowest BCUT2D eigenvalue weighted by Gasteiger charge is -2.24. The molecule has 0 aliphatic rings. The molecule has 0 heterocycles. The van der Waals surface area contributed by atoms with E-state index in [1.807, 2.05) is 0 Å². The summed E-state index contributed by atoms with van der Waals surface area (Å²) in [6.07, 6.45) is 0. The zero-order valence-electron chi connectivity index (χ0n) is 8.67. The van der Waals surface area contributed by atoms with E-state index in [0.29, 0.717) is 0 Å². The predicted octanol–water partition coefficient (Wildman–Crippen LogP) is 3.29. The van der Waals surface area contributed by atoms with Crippen molar-refractivity contribution < 1.29 is 48.3 Å². The third kappa shape index (κ3) is 2.16. The first-order valence-corrected chi connectivity index (χ1v) is 5.36. The van der Waals surface area contributed by atoms with Crippen molar-refractivity contribution >= 4 is 11.1 Å². The highest BCUT2D eigenvalue weighted by molar-refractivity contribution is 7.80. The molecule has 1 atom stereocenters. The minimum Gasteiger partial charge on any atom is -0.301 e. The molecule has 0 saturated heterocycles. The fourth-order valence-electron chi connectivity index (χ4n) is 1.14. The Morgan fingerprint density at radius 1 is 0.750 bits per heavy atom. The molecule has 114 valence electrons. The van der Waals surface area contributed by atoms with E-state index in [0.717, 1.165) is 0 Å². The van der Waals surface area contributed by atoms with Gasteiger partial charge in [-0.05, 0) is 0 Å². The number of hydrogen-bond acceptors (Lipinski definition) is 1. The Labute approximate surface area is 106 Å². The minimum atomic E-state index is -6.11. The van der Waals surface area contributed by atoms with E-state index in [1.54, 1.807) is 0 Å². The first-order chi connectivity index (χ1) is 8.87. The molecule has 1 rings (SSSR count). The van der Waals surface area contributed by atoms with Gasteiger partial charge >= 0.3 is 11.2 Å². The van der Waals surface area contributed by atoms with Crippen LogP contribution in [0.5, 0.6) is 0 Å². The van der Waals surface area contributed by atoms with Crippen LogP contribution in [0.4, 0.5) is 39.5 Å². The standard InChI is InChI=1S/C8HF9O2S/c9-2-1(3(10)5(12)6(13)4(2)11)7(14,15)8(16,17)20(18)19/h(H,18,19). The minimum absolute atomic E-state index is 2.84. The van der Waals surface area contributed by atoms with Crippen molar-refractivity contribution in [2.24, 2.45) is 0 Å². The van der Waals surface area contributed by atoms with Gasteiger partial charge in [-0.2, -0.15) is 17.6 Å². The van der Waals surface area contributed by atoms with Crippen LogP contribution >= 0.6 is 0 Å². The molecule has 0 radical (unpaired) electrons.